The predicted molar refractivity (Wildman–Crippen MR) is 41.5 cm³/mol. The van der Waals surface area contributed by atoms with Crippen molar-refractivity contribution < 1.29 is 9.47 Å². The van der Waals surface area contributed by atoms with Crippen LogP contribution in [0.25, 0.3) is 0 Å². The third-order valence-electron chi connectivity index (χ3n) is 1.58. The molecule has 0 fully saturated rings. The number of benzene rings is 1. The molecule has 2 rings (SSSR count). The van der Waals surface area contributed by atoms with Crippen molar-refractivity contribution >= 4 is 5.69 Å². The summed E-state index contributed by atoms with van der Waals surface area (Å²) in [4.78, 5) is 0. The molecule has 3 heteroatoms. The maximum absolute atomic E-state index is 5.15. The predicted octanol–water partition coefficient (Wildman–Crippen LogP) is 1.62. The maximum Gasteiger partial charge on any atom is 0.231 e. The van der Waals surface area contributed by atoms with Crippen molar-refractivity contribution in [1.29, 1.82) is 0 Å². The van der Waals surface area contributed by atoms with E-state index in [1.807, 2.05) is 18.2 Å². The lowest BCUT2D eigenvalue weighted by atomic mass is 10.3. The Hall–Kier alpha value is -1.38. The topological polar surface area (TPSA) is 30.5 Å². The Balaban J connectivity index is 2.41. The van der Waals surface area contributed by atoms with Crippen LogP contribution in [0.2, 0.25) is 0 Å². The first kappa shape index (κ1) is 6.34. The van der Waals surface area contributed by atoms with Crippen molar-refractivity contribution in [2.45, 2.75) is 0 Å². The molecule has 0 spiro atoms. The van der Waals surface area contributed by atoms with E-state index in [4.69, 9.17) is 9.47 Å². The van der Waals surface area contributed by atoms with Gasteiger partial charge < -0.3 is 14.8 Å². The van der Waals surface area contributed by atoms with Gasteiger partial charge in [0.25, 0.3) is 0 Å². The number of nitrogens with one attached hydrogen (secondary N) is 1. The van der Waals surface area contributed by atoms with Gasteiger partial charge in [-0.25, -0.2) is 0 Å². The number of fused-ring (bicyclic) bond motifs is 1. The van der Waals surface area contributed by atoms with Gasteiger partial charge in [0.1, 0.15) is 0 Å². The molecule has 0 unspecified atom stereocenters. The molecule has 0 amide bonds. The van der Waals surface area contributed by atoms with E-state index in [0.29, 0.717) is 6.79 Å². The zero-order valence-corrected chi connectivity index (χ0v) is 5.96. The Morgan fingerprint density at radius 1 is 1.27 bits per heavy atom. The van der Waals surface area contributed by atoms with Crippen LogP contribution in [0.1, 0.15) is 0 Å². The molecule has 1 aliphatic heterocycles. The minimum atomic E-state index is 0.315. The summed E-state index contributed by atoms with van der Waals surface area (Å²) in [7, 11) is 3.54. The van der Waals surface area contributed by atoms with Crippen LogP contribution >= 0.6 is 0 Å². The summed E-state index contributed by atoms with van der Waals surface area (Å²) in [5.41, 5.74) is 0.925. The average molecular weight is 150 g/mol. The highest BCUT2D eigenvalue weighted by Crippen LogP contribution is 2.33. The standard InChI is InChI=1S/C8H8NO2/c1-9-6-2-3-7-8(4-6)11-5-10-7/h2-4,9H,1,5H2. The molecule has 1 aromatic carbocycles. The van der Waals surface area contributed by atoms with Crippen LogP contribution < -0.4 is 14.8 Å². The van der Waals surface area contributed by atoms with Gasteiger partial charge in [-0.2, -0.15) is 0 Å². The highest BCUT2D eigenvalue weighted by atomic mass is 16.7. The third-order valence-corrected chi connectivity index (χ3v) is 1.58. The highest BCUT2D eigenvalue weighted by Gasteiger charge is 2.12. The normalized spacial score (nSPS) is 13.2. The van der Waals surface area contributed by atoms with Crippen LogP contribution in [-0.4, -0.2) is 6.79 Å². The van der Waals surface area contributed by atoms with Crippen LogP contribution in [0.15, 0.2) is 18.2 Å². The fourth-order valence-corrected chi connectivity index (χ4v) is 1.01. The van der Waals surface area contributed by atoms with Crippen molar-refractivity contribution in [1.82, 2.24) is 0 Å². The quantitative estimate of drug-likeness (QED) is 0.659. The summed E-state index contributed by atoms with van der Waals surface area (Å²) in [5, 5.41) is 2.77. The molecule has 11 heavy (non-hydrogen) atoms. The van der Waals surface area contributed by atoms with E-state index >= 15 is 0 Å². The van der Waals surface area contributed by atoms with Gasteiger partial charge in [0.05, 0.1) is 0 Å². The van der Waals surface area contributed by atoms with E-state index in [1.54, 1.807) is 0 Å². The molecule has 57 valence electrons. The Labute approximate surface area is 64.9 Å². The molecular weight excluding hydrogens is 142 g/mol. The fraction of sp³-hybridized carbons (Fsp3) is 0.125. The second-order valence-corrected chi connectivity index (χ2v) is 2.24. The number of anilines is 1. The molecule has 1 radical (unpaired) electrons. The first-order chi connectivity index (χ1) is 5.40. The first-order valence-electron chi connectivity index (χ1n) is 3.33. The van der Waals surface area contributed by atoms with Gasteiger partial charge in [0.2, 0.25) is 6.79 Å². The maximum atomic E-state index is 5.15. The zero-order chi connectivity index (χ0) is 7.68. The minimum Gasteiger partial charge on any atom is -0.454 e. The van der Waals surface area contributed by atoms with Gasteiger partial charge in [-0.1, -0.05) is 0 Å². The monoisotopic (exact) mass is 150 g/mol. The second kappa shape index (κ2) is 2.34. The lowest BCUT2D eigenvalue weighted by Gasteiger charge is -1.99. The Morgan fingerprint density at radius 2 is 2.09 bits per heavy atom. The molecule has 3 nitrogen and oxygen atoms in total. The summed E-state index contributed by atoms with van der Waals surface area (Å²) in [5.74, 6) is 1.57. The zero-order valence-electron chi connectivity index (χ0n) is 5.96. The molecule has 1 aromatic rings. The Kier molecular flexibility index (Phi) is 1.35. The molecule has 0 saturated carbocycles. The molecule has 0 saturated heterocycles. The van der Waals surface area contributed by atoms with Crippen LogP contribution in [0.3, 0.4) is 0 Å². The summed E-state index contributed by atoms with van der Waals surface area (Å²) >= 11 is 0. The van der Waals surface area contributed by atoms with Crippen molar-refractivity contribution in [2.24, 2.45) is 0 Å². The van der Waals surface area contributed by atoms with Gasteiger partial charge in [-0.3, -0.25) is 0 Å². The fourth-order valence-electron chi connectivity index (χ4n) is 1.01. The van der Waals surface area contributed by atoms with Gasteiger partial charge in [-0.05, 0) is 12.1 Å². The molecule has 0 aromatic heterocycles. The number of ether oxygens (including phenoxy) is 2. The molecule has 1 N–H and O–H groups in total. The molecular formula is C8H8NO2. The van der Waals surface area contributed by atoms with Crippen molar-refractivity contribution in [3.8, 4) is 11.5 Å². The highest BCUT2D eigenvalue weighted by molar-refractivity contribution is 5.55. The molecule has 0 aliphatic carbocycles. The smallest absolute Gasteiger partial charge is 0.231 e. The number of rotatable bonds is 1. The molecule has 0 atom stereocenters. The van der Waals surface area contributed by atoms with Crippen molar-refractivity contribution in [3.63, 3.8) is 0 Å². The summed E-state index contributed by atoms with van der Waals surface area (Å²) in [6.45, 7) is 0.315. The van der Waals surface area contributed by atoms with E-state index in [0.717, 1.165) is 17.2 Å². The van der Waals surface area contributed by atoms with E-state index in [2.05, 4.69) is 12.4 Å². The van der Waals surface area contributed by atoms with Crippen LogP contribution in [0.4, 0.5) is 5.69 Å². The summed E-state index contributed by atoms with van der Waals surface area (Å²) < 4.78 is 10.3. The van der Waals surface area contributed by atoms with E-state index in [9.17, 15) is 0 Å². The van der Waals surface area contributed by atoms with E-state index in [-0.39, 0.29) is 0 Å². The second-order valence-electron chi connectivity index (χ2n) is 2.24. The SMILES string of the molecule is [CH2]Nc1ccc2c(c1)OCO2. The third kappa shape index (κ3) is 0.981. The molecule has 1 heterocycles. The number of hydrogen-bond donors (Lipinski definition) is 1. The first-order valence-corrected chi connectivity index (χ1v) is 3.33. The summed E-state index contributed by atoms with van der Waals surface area (Å²) in [6, 6.07) is 5.60. The largest absolute Gasteiger partial charge is 0.454 e. The lowest BCUT2D eigenvalue weighted by Crippen LogP contribution is -1.92. The van der Waals surface area contributed by atoms with Gasteiger partial charge in [0.15, 0.2) is 11.5 Å². The van der Waals surface area contributed by atoms with Gasteiger partial charge in [-0.15, -0.1) is 0 Å². The Bertz CT molecular complexity index is 273. The molecule has 0 bridgehead atoms. The lowest BCUT2D eigenvalue weighted by molar-refractivity contribution is 0.174. The Morgan fingerprint density at radius 3 is 2.91 bits per heavy atom. The van der Waals surface area contributed by atoms with E-state index in [1.165, 1.54) is 0 Å². The average Bonchev–Trinajstić information content (AvgIpc) is 2.50. The minimum absolute atomic E-state index is 0.315. The van der Waals surface area contributed by atoms with Crippen LogP contribution in [0.5, 0.6) is 11.5 Å². The van der Waals surface area contributed by atoms with E-state index < -0.39 is 0 Å². The van der Waals surface area contributed by atoms with Crippen LogP contribution in [-0.2, 0) is 0 Å². The van der Waals surface area contributed by atoms with Gasteiger partial charge in [0, 0.05) is 18.8 Å². The van der Waals surface area contributed by atoms with Gasteiger partial charge >= 0.3 is 0 Å². The van der Waals surface area contributed by atoms with Crippen molar-refractivity contribution in [2.75, 3.05) is 12.1 Å². The van der Waals surface area contributed by atoms with Crippen LogP contribution in [0, 0.1) is 7.05 Å². The molecule has 1 aliphatic rings. The summed E-state index contributed by atoms with van der Waals surface area (Å²) in [6.07, 6.45) is 0. The number of hydrogen-bond acceptors (Lipinski definition) is 3. The van der Waals surface area contributed by atoms with Crippen molar-refractivity contribution in [3.05, 3.63) is 25.2 Å².